The molecule has 0 saturated carbocycles. The fraction of sp³-hybridized carbons (Fsp3) is 0.300. The summed E-state index contributed by atoms with van der Waals surface area (Å²) in [6, 6.07) is 11.4. The topological polar surface area (TPSA) is 63.2 Å². The minimum absolute atomic E-state index is 0.213. The highest BCUT2D eigenvalue weighted by atomic mass is 19.1. The Morgan fingerprint density at radius 2 is 1.93 bits per heavy atom. The van der Waals surface area contributed by atoms with Crippen LogP contribution in [-0.2, 0) is 9.53 Å². The van der Waals surface area contributed by atoms with Crippen LogP contribution in [-0.4, -0.2) is 56.0 Å². The van der Waals surface area contributed by atoms with Crippen LogP contribution >= 0.6 is 0 Å². The molecule has 1 fully saturated rings. The molecule has 2 aromatic rings. The second kappa shape index (κ2) is 7.85. The first-order chi connectivity index (χ1) is 13.2. The van der Waals surface area contributed by atoms with Gasteiger partial charge in [0.15, 0.2) is 0 Å². The summed E-state index contributed by atoms with van der Waals surface area (Å²) in [5.41, 5.74) is 1.87. The van der Waals surface area contributed by atoms with Gasteiger partial charge >= 0.3 is 0 Å². The minimum Gasteiger partial charge on any atom is -0.492 e. The number of morpholine rings is 1. The highest BCUT2D eigenvalue weighted by molar-refractivity contribution is 6.54. The average Bonchev–Trinajstić information content (AvgIpc) is 2.99. The van der Waals surface area contributed by atoms with Crippen LogP contribution in [0.1, 0.15) is 5.56 Å². The predicted molar refractivity (Wildman–Crippen MR) is 100 cm³/mol. The number of nitrogens with one attached hydrogen (secondary N) is 1. The third-order valence-corrected chi connectivity index (χ3v) is 4.56. The van der Waals surface area contributed by atoms with Gasteiger partial charge in [-0.15, -0.1) is 0 Å². The number of rotatable bonds is 5. The zero-order valence-corrected chi connectivity index (χ0v) is 14.8. The number of carbonyl (C=O) groups is 1. The maximum absolute atomic E-state index is 13.5. The first-order valence-corrected chi connectivity index (χ1v) is 8.92. The molecule has 140 valence electrons. The standard InChI is InChI=1S/C20H20FN3O3/c21-14-1-6-18-17(13-14)19(20(25)23-18)22-15-2-4-16(5-3-15)27-12-9-24-7-10-26-11-8-24/h1-6,13H,7-12H2,(H,22,23,25). The average molecular weight is 369 g/mol. The van der Waals surface area contributed by atoms with Crippen LogP contribution in [0.3, 0.4) is 0 Å². The zero-order chi connectivity index (χ0) is 18.6. The van der Waals surface area contributed by atoms with Gasteiger partial charge in [0.1, 0.15) is 23.9 Å². The molecule has 1 saturated heterocycles. The van der Waals surface area contributed by atoms with Crippen molar-refractivity contribution in [1.29, 1.82) is 0 Å². The summed E-state index contributed by atoms with van der Waals surface area (Å²) < 4.78 is 24.6. The van der Waals surface area contributed by atoms with E-state index < -0.39 is 5.82 Å². The van der Waals surface area contributed by atoms with Gasteiger partial charge in [0.05, 0.1) is 24.6 Å². The SMILES string of the molecule is O=C1Nc2ccc(F)cc2C1=Nc1ccc(OCCN2CCOCC2)cc1. The van der Waals surface area contributed by atoms with Gasteiger partial charge in [-0.25, -0.2) is 9.38 Å². The Bertz CT molecular complexity index is 861. The lowest BCUT2D eigenvalue weighted by atomic mass is 10.1. The number of nitrogens with zero attached hydrogens (tertiary/aromatic N) is 2. The Labute approximate surface area is 156 Å². The monoisotopic (exact) mass is 369 g/mol. The van der Waals surface area contributed by atoms with E-state index >= 15 is 0 Å². The third kappa shape index (κ3) is 4.15. The van der Waals surface area contributed by atoms with Gasteiger partial charge in [0, 0.05) is 25.2 Å². The summed E-state index contributed by atoms with van der Waals surface area (Å²) in [5, 5.41) is 2.69. The first kappa shape index (κ1) is 17.6. The molecule has 27 heavy (non-hydrogen) atoms. The maximum atomic E-state index is 13.5. The normalized spacial score (nSPS) is 18.4. The molecule has 4 rings (SSSR count). The van der Waals surface area contributed by atoms with Crippen LogP contribution < -0.4 is 10.1 Å². The van der Waals surface area contributed by atoms with Crippen LogP contribution in [0.25, 0.3) is 0 Å². The highest BCUT2D eigenvalue weighted by Crippen LogP contribution is 2.27. The molecule has 2 aliphatic heterocycles. The number of fused-ring (bicyclic) bond motifs is 1. The van der Waals surface area contributed by atoms with Gasteiger partial charge in [-0.2, -0.15) is 0 Å². The molecule has 0 spiro atoms. The van der Waals surface area contributed by atoms with Crippen LogP contribution in [0.15, 0.2) is 47.5 Å². The van der Waals surface area contributed by atoms with Crippen molar-refractivity contribution in [3.63, 3.8) is 0 Å². The van der Waals surface area contributed by atoms with E-state index in [4.69, 9.17) is 9.47 Å². The Hall–Kier alpha value is -2.77. The van der Waals surface area contributed by atoms with Gasteiger partial charge in [-0.3, -0.25) is 9.69 Å². The lowest BCUT2D eigenvalue weighted by Crippen LogP contribution is -2.38. The molecule has 0 aliphatic carbocycles. The summed E-state index contributed by atoms with van der Waals surface area (Å²) in [6.45, 7) is 4.87. The number of aliphatic imine (C=N–C) groups is 1. The Kier molecular flexibility index (Phi) is 5.13. The molecule has 1 amide bonds. The molecule has 0 aromatic heterocycles. The van der Waals surface area contributed by atoms with Crippen molar-refractivity contribution in [2.24, 2.45) is 4.99 Å². The number of anilines is 1. The summed E-state index contributed by atoms with van der Waals surface area (Å²) in [6.07, 6.45) is 0. The largest absolute Gasteiger partial charge is 0.492 e. The van der Waals surface area contributed by atoms with Crippen LogP contribution in [0.5, 0.6) is 5.75 Å². The van der Waals surface area contributed by atoms with Gasteiger partial charge in [-0.05, 0) is 42.5 Å². The molecule has 0 unspecified atom stereocenters. The first-order valence-electron chi connectivity index (χ1n) is 8.92. The van der Waals surface area contributed by atoms with E-state index in [1.807, 2.05) is 12.1 Å². The maximum Gasteiger partial charge on any atom is 0.275 e. The number of hydrogen-bond donors (Lipinski definition) is 1. The zero-order valence-electron chi connectivity index (χ0n) is 14.8. The lowest BCUT2D eigenvalue weighted by molar-refractivity contribution is -0.110. The van der Waals surface area contributed by atoms with Crippen molar-refractivity contribution < 1.29 is 18.7 Å². The third-order valence-electron chi connectivity index (χ3n) is 4.56. The molecule has 0 bridgehead atoms. The molecular formula is C20H20FN3O3. The van der Waals surface area contributed by atoms with Gasteiger partial charge in [-0.1, -0.05) is 0 Å². The van der Waals surface area contributed by atoms with Gasteiger partial charge in [0.2, 0.25) is 0 Å². The molecule has 1 N–H and O–H groups in total. The number of amides is 1. The van der Waals surface area contributed by atoms with Crippen molar-refractivity contribution in [2.45, 2.75) is 0 Å². The van der Waals surface area contributed by atoms with Gasteiger partial charge < -0.3 is 14.8 Å². The number of ether oxygens (including phenoxy) is 2. The highest BCUT2D eigenvalue weighted by Gasteiger charge is 2.26. The van der Waals surface area contributed by atoms with Crippen molar-refractivity contribution in [3.05, 3.63) is 53.8 Å². The number of carbonyl (C=O) groups excluding carboxylic acids is 1. The molecule has 0 atom stereocenters. The lowest BCUT2D eigenvalue weighted by Gasteiger charge is -2.26. The molecule has 0 radical (unpaired) electrons. The second-order valence-corrected chi connectivity index (χ2v) is 6.40. The van der Waals surface area contributed by atoms with Crippen LogP contribution in [0.4, 0.5) is 15.8 Å². The summed E-state index contributed by atoms with van der Waals surface area (Å²) in [5.74, 6) is 0.0120. The van der Waals surface area contributed by atoms with E-state index in [2.05, 4.69) is 15.2 Å². The van der Waals surface area contributed by atoms with Crippen molar-refractivity contribution >= 4 is 23.0 Å². The van der Waals surface area contributed by atoms with Crippen molar-refractivity contribution in [1.82, 2.24) is 4.90 Å². The fourth-order valence-electron chi connectivity index (χ4n) is 3.10. The van der Waals surface area contributed by atoms with Crippen LogP contribution in [0.2, 0.25) is 0 Å². The van der Waals surface area contributed by atoms with Crippen molar-refractivity contribution in [2.75, 3.05) is 44.8 Å². The molecule has 2 heterocycles. The number of hydrogen-bond acceptors (Lipinski definition) is 5. The summed E-state index contributed by atoms with van der Waals surface area (Å²) in [7, 11) is 0. The van der Waals surface area contributed by atoms with E-state index in [0.717, 1.165) is 38.6 Å². The Balaban J connectivity index is 1.40. The predicted octanol–water partition coefficient (Wildman–Crippen LogP) is 2.61. The molecule has 2 aromatic carbocycles. The molecule has 2 aliphatic rings. The molecule has 6 nitrogen and oxygen atoms in total. The molecule has 7 heteroatoms. The summed E-state index contributed by atoms with van der Waals surface area (Å²) in [4.78, 5) is 18.8. The Morgan fingerprint density at radius 3 is 2.70 bits per heavy atom. The Morgan fingerprint density at radius 1 is 1.15 bits per heavy atom. The quantitative estimate of drug-likeness (QED) is 0.880. The van der Waals surface area contributed by atoms with Crippen LogP contribution in [0, 0.1) is 5.82 Å². The van der Waals surface area contributed by atoms with Gasteiger partial charge in [0.25, 0.3) is 5.91 Å². The number of halogens is 1. The molecular weight excluding hydrogens is 349 g/mol. The van der Waals surface area contributed by atoms with E-state index in [1.165, 1.54) is 18.2 Å². The van der Waals surface area contributed by atoms with E-state index in [0.29, 0.717) is 23.5 Å². The van der Waals surface area contributed by atoms with Crippen molar-refractivity contribution in [3.8, 4) is 5.75 Å². The number of benzene rings is 2. The summed E-state index contributed by atoms with van der Waals surface area (Å²) >= 11 is 0. The minimum atomic E-state index is -0.401. The van der Waals surface area contributed by atoms with E-state index in [1.54, 1.807) is 12.1 Å². The smallest absolute Gasteiger partial charge is 0.275 e. The van der Waals surface area contributed by atoms with E-state index in [-0.39, 0.29) is 11.6 Å². The fourth-order valence-corrected chi connectivity index (χ4v) is 3.10. The second-order valence-electron chi connectivity index (χ2n) is 6.40. The van der Waals surface area contributed by atoms with E-state index in [9.17, 15) is 9.18 Å².